The van der Waals surface area contributed by atoms with Crippen molar-refractivity contribution in [2.24, 2.45) is 5.10 Å². The molecule has 12 heteroatoms. The van der Waals surface area contributed by atoms with Crippen LogP contribution < -0.4 is 19.6 Å². The normalized spacial score (nSPS) is 16.3. The number of fused-ring (bicyclic) bond motifs is 2. The first-order valence-electron chi connectivity index (χ1n) is 12.2. The summed E-state index contributed by atoms with van der Waals surface area (Å²) in [6.45, 7) is 0.931. The number of rotatable bonds is 6. The molecular formula is C27H25N7O5. The first-order chi connectivity index (χ1) is 19.0. The molecule has 3 aromatic carbocycles. The van der Waals surface area contributed by atoms with Crippen LogP contribution in [0.2, 0.25) is 0 Å². The molecular weight excluding hydrogens is 502 g/mol. The summed E-state index contributed by atoms with van der Waals surface area (Å²) in [5.74, 6) is 2.14. The lowest BCUT2D eigenvalue weighted by Gasteiger charge is -2.34. The van der Waals surface area contributed by atoms with Gasteiger partial charge in [-0.25, -0.2) is 5.43 Å². The smallest absolute Gasteiger partial charge is 0.271 e. The number of aromatic nitrogens is 4. The Labute approximate surface area is 223 Å². The summed E-state index contributed by atoms with van der Waals surface area (Å²) >= 11 is 0. The quantitative estimate of drug-likeness (QED) is 0.286. The van der Waals surface area contributed by atoms with Crippen molar-refractivity contribution >= 4 is 12.1 Å². The van der Waals surface area contributed by atoms with Crippen molar-refractivity contribution < 1.29 is 24.1 Å². The van der Waals surface area contributed by atoms with E-state index in [1.54, 1.807) is 60.3 Å². The first-order valence-corrected chi connectivity index (χ1v) is 12.2. The van der Waals surface area contributed by atoms with Gasteiger partial charge in [-0.1, -0.05) is 12.1 Å². The lowest BCUT2D eigenvalue weighted by atomic mass is 9.90. The number of hydrazone groups is 1. The van der Waals surface area contributed by atoms with Gasteiger partial charge in [-0.05, 0) is 71.9 Å². The number of hydrogen-bond donors (Lipinski definition) is 2. The molecule has 2 N–H and O–H groups in total. The number of ether oxygens (including phenoxy) is 3. The van der Waals surface area contributed by atoms with E-state index in [1.807, 2.05) is 13.1 Å². The van der Waals surface area contributed by atoms with Gasteiger partial charge in [0, 0.05) is 23.2 Å². The van der Waals surface area contributed by atoms with Gasteiger partial charge in [-0.15, -0.1) is 5.10 Å². The fourth-order valence-corrected chi connectivity index (χ4v) is 4.88. The first kappa shape index (κ1) is 24.4. The van der Waals surface area contributed by atoms with E-state index in [9.17, 15) is 9.90 Å². The number of tetrazole rings is 1. The van der Waals surface area contributed by atoms with Crippen LogP contribution in [0.1, 0.15) is 38.9 Å². The number of phenolic OH excluding ortho intramolecular Hbond substituents is 1. The summed E-state index contributed by atoms with van der Waals surface area (Å²) in [5, 5.41) is 26.4. The zero-order chi connectivity index (χ0) is 26.9. The molecule has 0 saturated heterocycles. The van der Waals surface area contributed by atoms with Crippen LogP contribution in [0.25, 0.3) is 5.69 Å². The average molecular weight is 528 g/mol. The maximum Gasteiger partial charge on any atom is 0.271 e. The Bertz CT molecular complexity index is 1570. The number of nitrogens with one attached hydrogen (secondary N) is 1. The topological polar surface area (TPSA) is 136 Å². The van der Waals surface area contributed by atoms with Crippen molar-refractivity contribution in [2.75, 3.05) is 27.5 Å². The van der Waals surface area contributed by atoms with E-state index >= 15 is 0 Å². The number of nitrogens with zero attached hydrogens (tertiary/aromatic N) is 6. The third-order valence-electron chi connectivity index (χ3n) is 6.81. The van der Waals surface area contributed by atoms with Gasteiger partial charge in [0.25, 0.3) is 5.91 Å². The minimum absolute atomic E-state index is 0.0752. The molecule has 4 aromatic rings. The zero-order valence-electron chi connectivity index (χ0n) is 21.2. The van der Waals surface area contributed by atoms with E-state index in [2.05, 4.69) is 31.0 Å². The van der Waals surface area contributed by atoms with E-state index in [0.717, 1.165) is 24.1 Å². The molecule has 12 nitrogen and oxygen atoms in total. The second-order valence-corrected chi connectivity index (χ2v) is 9.10. The van der Waals surface area contributed by atoms with Gasteiger partial charge >= 0.3 is 0 Å². The summed E-state index contributed by atoms with van der Waals surface area (Å²) in [6, 6.07) is 15.3. The molecule has 1 aromatic heterocycles. The van der Waals surface area contributed by atoms with E-state index in [4.69, 9.17) is 14.2 Å². The highest BCUT2D eigenvalue weighted by Gasteiger charge is 2.37. The minimum atomic E-state index is -0.396. The molecule has 39 heavy (non-hydrogen) atoms. The van der Waals surface area contributed by atoms with Gasteiger partial charge in [0.1, 0.15) is 11.8 Å². The van der Waals surface area contributed by atoms with Gasteiger partial charge in [0.05, 0.1) is 19.0 Å². The molecule has 2 aliphatic heterocycles. The number of methoxy groups -OCH3 is 1. The Hall–Kier alpha value is -4.97. The van der Waals surface area contributed by atoms with Crippen LogP contribution in [0, 0.1) is 0 Å². The largest absolute Gasteiger partial charge is 0.507 e. The summed E-state index contributed by atoms with van der Waals surface area (Å²) in [6.07, 6.45) is 2.20. The van der Waals surface area contributed by atoms with Gasteiger partial charge in [0.2, 0.25) is 12.5 Å². The number of carbonyl (C=O) groups is 1. The molecule has 0 saturated carbocycles. The maximum absolute atomic E-state index is 12.6. The molecule has 1 amide bonds. The maximum atomic E-state index is 12.6. The van der Waals surface area contributed by atoms with Crippen molar-refractivity contribution in [1.29, 1.82) is 0 Å². The fourth-order valence-electron chi connectivity index (χ4n) is 4.88. The zero-order valence-corrected chi connectivity index (χ0v) is 21.2. The average Bonchev–Trinajstić information content (AvgIpc) is 3.63. The Balaban J connectivity index is 1.27. The minimum Gasteiger partial charge on any atom is -0.507 e. The second-order valence-electron chi connectivity index (χ2n) is 9.10. The summed E-state index contributed by atoms with van der Waals surface area (Å²) in [5.41, 5.74) is 6.07. The number of phenols is 1. The van der Waals surface area contributed by atoms with Gasteiger partial charge in [0.15, 0.2) is 17.3 Å². The monoisotopic (exact) mass is 527 g/mol. The van der Waals surface area contributed by atoms with Crippen LogP contribution >= 0.6 is 0 Å². The number of para-hydroxylation sites is 1. The Kier molecular flexibility index (Phi) is 6.29. The number of aromatic hydroxyl groups is 1. The van der Waals surface area contributed by atoms with Gasteiger partial charge in [-0.2, -0.15) is 9.78 Å². The predicted octanol–water partition coefficient (Wildman–Crippen LogP) is 2.45. The summed E-state index contributed by atoms with van der Waals surface area (Å²) < 4.78 is 18.8. The van der Waals surface area contributed by atoms with Crippen molar-refractivity contribution in [1.82, 2.24) is 30.5 Å². The van der Waals surface area contributed by atoms with Gasteiger partial charge in [-0.3, -0.25) is 9.69 Å². The molecule has 1 unspecified atom stereocenters. The molecule has 0 spiro atoms. The lowest BCUT2D eigenvalue weighted by Crippen LogP contribution is -2.35. The van der Waals surface area contributed by atoms with Crippen molar-refractivity contribution in [2.45, 2.75) is 12.5 Å². The highest BCUT2D eigenvalue weighted by molar-refractivity contribution is 5.95. The van der Waals surface area contributed by atoms with Gasteiger partial charge < -0.3 is 19.3 Å². The third kappa shape index (κ3) is 4.40. The summed E-state index contributed by atoms with van der Waals surface area (Å²) in [7, 11) is 3.63. The molecule has 6 rings (SSSR count). The van der Waals surface area contributed by atoms with Crippen LogP contribution in [0.3, 0.4) is 0 Å². The van der Waals surface area contributed by atoms with E-state index in [-0.39, 0.29) is 18.6 Å². The molecule has 198 valence electrons. The standard InChI is InChI=1S/C27H25N7O5/c1-33-12-11-17-13-21-24(39-15-38-21)25(37-2)22(17)23(33)26-29-31-32-34(26)19-9-7-16(8-10-19)27(36)30-28-14-18-5-3-4-6-20(18)35/h3-10,13-14,23,35H,11-12,15H2,1-2H3,(H,30,36)/b28-14+. The van der Waals surface area contributed by atoms with Crippen LogP contribution in [-0.2, 0) is 6.42 Å². The molecule has 2 aliphatic rings. The number of hydrogen-bond acceptors (Lipinski definition) is 10. The Morgan fingerprint density at radius 1 is 1.21 bits per heavy atom. The van der Waals surface area contributed by atoms with E-state index < -0.39 is 5.91 Å². The van der Waals surface area contributed by atoms with E-state index in [0.29, 0.717) is 39.9 Å². The highest BCUT2D eigenvalue weighted by atomic mass is 16.7. The number of likely N-dealkylation sites (N-methyl/N-ethyl adjacent to an activating group) is 1. The summed E-state index contributed by atoms with van der Waals surface area (Å²) in [4.78, 5) is 14.8. The van der Waals surface area contributed by atoms with Crippen LogP contribution in [-0.4, -0.2) is 69.8 Å². The third-order valence-corrected chi connectivity index (χ3v) is 6.81. The lowest BCUT2D eigenvalue weighted by molar-refractivity contribution is 0.0955. The molecule has 0 bridgehead atoms. The predicted molar refractivity (Wildman–Crippen MR) is 140 cm³/mol. The molecule has 1 atom stereocenters. The second kappa shape index (κ2) is 10.1. The number of amides is 1. The van der Waals surface area contributed by atoms with Crippen molar-refractivity contribution in [3.63, 3.8) is 0 Å². The van der Waals surface area contributed by atoms with Crippen LogP contribution in [0.5, 0.6) is 23.0 Å². The van der Waals surface area contributed by atoms with Crippen LogP contribution in [0.4, 0.5) is 0 Å². The molecule has 0 fully saturated rings. The number of carbonyl (C=O) groups excluding carboxylic acids is 1. The van der Waals surface area contributed by atoms with E-state index in [1.165, 1.54) is 6.21 Å². The molecule has 0 aliphatic carbocycles. The van der Waals surface area contributed by atoms with Crippen molar-refractivity contribution in [3.05, 3.63) is 82.7 Å². The van der Waals surface area contributed by atoms with Crippen molar-refractivity contribution in [3.8, 4) is 28.7 Å². The SMILES string of the molecule is COc1c2c(cc3c1C(c1nnnn1-c1ccc(C(=O)N/N=C/c4ccccc4O)cc1)N(C)CC3)OCO2. The molecule has 0 radical (unpaired) electrons. The highest BCUT2D eigenvalue weighted by Crippen LogP contribution is 2.50. The number of benzene rings is 3. The molecule has 3 heterocycles. The Morgan fingerprint density at radius 3 is 2.82 bits per heavy atom. The Morgan fingerprint density at radius 2 is 2.03 bits per heavy atom. The fraction of sp³-hybridized carbons (Fsp3) is 0.222. The van der Waals surface area contributed by atoms with Crippen LogP contribution in [0.15, 0.2) is 59.7 Å².